The molecule has 0 atom stereocenters. The molecule has 4 aliphatic heterocycles. The summed E-state index contributed by atoms with van der Waals surface area (Å²) in [6, 6.07) is 0. The van der Waals surface area contributed by atoms with Crippen molar-refractivity contribution in [1.82, 2.24) is 19.6 Å². The SMILES string of the molecule is O=C1CCCCCN1CCCOCCCN1CCCC1=O.O=C1CCCN1CCCCOCN1CCCCC1=O. The highest BCUT2D eigenvalue weighted by Gasteiger charge is 2.21. The number of hydrogen-bond donors (Lipinski definition) is 0. The number of piperidine rings is 1. The number of carbonyl (C=O) groups excluding carboxylic acids is 4. The van der Waals surface area contributed by atoms with E-state index in [0.717, 1.165) is 110 Å². The monoisotopic (exact) mass is 564 g/mol. The number of rotatable bonds is 15. The average Bonchev–Trinajstić information content (AvgIpc) is 3.50. The van der Waals surface area contributed by atoms with Gasteiger partial charge in [-0.3, -0.25) is 19.2 Å². The summed E-state index contributed by atoms with van der Waals surface area (Å²) in [5.41, 5.74) is 0. The van der Waals surface area contributed by atoms with Crippen LogP contribution in [0, 0.1) is 0 Å². The van der Waals surface area contributed by atoms with Gasteiger partial charge in [0.25, 0.3) is 0 Å². The molecule has 0 radical (unpaired) electrons. The molecule has 4 amide bonds. The summed E-state index contributed by atoms with van der Waals surface area (Å²) >= 11 is 0. The molecule has 4 saturated heterocycles. The Bertz CT molecular complexity index is 794. The van der Waals surface area contributed by atoms with Crippen molar-refractivity contribution in [3.05, 3.63) is 0 Å². The predicted octanol–water partition coefficient (Wildman–Crippen LogP) is 3.18. The van der Waals surface area contributed by atoms with Crippen LogP contribution >= 0.6 is 0 Å². The van der Waals surface area contributed by atoms with Crippen LogP contribution in [0.2, 0.25) is 0 Å². The second-order valence-electron chi connectivity index (χ2n) is 11.3. The molecule has 40 heavy (non-hydrogen) atoms. The normalized spacial score (nSPS) is 20.3. The Labute approximate surface area is 240 Å². The largest absolute Gasteiger partial charge is 0.381 e. The molecule has 0 aromatic rings. The molecule has 4 fully saturated rings. The van der Waals surface area contributed by atoms with Gasteiger partial charge >= 0.3 is 0 Å². The lowest BCUT2D eigenvalue weighted by atomic mass is 10.1. The first kappa shape index (κ1) is 32.3. The Morgan fingerprint density at radius 3 is 1.40 bits per heavy atom. The lowest BCUT2D eigenvalue weighted by molar-refractivity contribution is -0.139. The maximum absolute atomic E-state index is 11.8. The second kappa shape index (κ2) is 19.0. The third-order valence-corrected chi connectivity index (χ3v) is 8.08. The Kier molecular flexibility index (Phi) is 15.4. The average molecular weight is 565 g/mol. The van der Waals surface area contributed by atoms with Crippen molar-refractivity contribution in [3.63, 3.8) is 0 Å². The van der Waals surface area contributed by atoms with Crippen molar-refractivity contribution in [3.8, 4) is 0 Å². The Hall–Kier alpha value is -2.20. The van der Waals surface area contributed by atoms with Crippen molar-refractivity contribution >= 4 is 23.6 Å². The maximum atomic E-state index is 11.8. The Morgan fingerprint density at radius 1 is 0.425 bits per heavy atom. The van der Waals surface area contributed by atoms with Gasteiger partial charge in [-0.05, 0) is 64.2 Å². The van der Waals surface area contributed by atoms with Gasteiger partial charge in [0.1, 0.15) is 6.73 Å². The fourth-order valence-electron chi connectivity index (χ4n) is 5.65. The van der Waals surface area contributed by atoms with Crippen LogP contribution in [0.5, 0.6) is 0 Å². The zero-order chi connectivity index (χ0) is 28.4. The summed E-state index contributed by atoms with van der Waals surface area (Å²) in [6.07, 6.45) is 14.0. The zero-order valence-electron chi connectivity index (χ0n) is 24.6. The van der Waals surface area contributed by atoms with Gasteiger partial charge < -0.3 is 29.1 Å². The molecule has 0 aromatic carbocycles. The summed E-state index contributed by atoms with van der Waals surface area (Å²) in [5, 5.41) is 0. The number of nitrogens with zero attached hydrogens (tertiary/aromatic N) is 4. The van der Waals surface area contributed by atoms with E-state index >= 15 is 0 Å². The van der Waals surface area contributed by atoms with Crippen LogP contribution in [-0.2, 0) is 28.7 Å². The van der Waals surface area contributed by atoms with E-state index in [1.807, 2.05) is 14.7 Å². The third kappa shape index (κ3) is 12.1. The van der Waals surface area contributed by atoms with Gasteiger partial charge in [0.05, 0.1) is 0 Å². The zero-order valence-corrected chi connectivity index (χ0v) is 24.6. The van der Waals surface area contributed by atoms with Gasteiger partial charge in [0, 0.05) is 91.3 Å². The van der Waals surface area contributed by atoms with Gasteiger partial charge in [-0.25, -0.2) is 0 Å². The molecular weight excluding hydrogens is 512 g/mol. The minimum Gasteiger partial charge on any atom is -0.381 e. The number of likely N-dealkylation sites (tertiary alicyclic amines) is 4. The van der Waals surface area contributed by atoms with Crippen LogP contribution in [-0.4, -0.2) is 116 Å². The highest BCUT2D eigenvalue weighted by atomic mass is 16.5. The van der Waals surface area contributed by atoms with Crippen LogP contribution < -0.4 is 0 Å². The molecule has 4 heterocycles. The molecule has 4 rings (SSSR count). The number of ether oxygens (including phenoxy) is 2. The van der Waals surface area contributed by atoms with Crippen molar-refractivity contribution in [1.29, 1.82) is 0 Å². The minimum atomic E-state index is 0.217. The number of amides is 4. The van der Waals surface area contributed by atoms with Crippen molar-refractivity contribution < 1.29 is 28.7 Å². The molecule has 0 unspecified atom stereocenters. The Morgan fingerprint density at radius 2 is 0.850 bits per heavy atom. The quantitative estimate of drug-likeness (QED) is 0.283. The van der Waals surface area contributed by atoms with Crippen LogP contribution in [0.4, 0.5) is 0 Å². The fraction of sp³-hybridized carbons (Fsp3) is 0.867. The molecule has 10 heteroatoms. The van der Waals surface area contributed by atoms with Gasteiger partial charge in [-0.1, -0.05) is 6.42 Å². The first-order valence-electron chi connectivity index (χ1n) is 15.8. The lowest BCUT2D eigenvalue weighted by Gasteiger charge is -2.26. The van der Waals surface area contributed by atoms with E-state index in [1.165, 1.54) is 6.42 Å². The molecule has 228 valence electrons. The summed E-state index contributed by atoms with van der Waals surface area (Å²) < 4.78 is 11.1. The van der Waals surface area contributed by atoms with E-state index in [9.17, 15) is 19.2 Å². The molecular formula is C30H52N4O6. The summed E-state index contributed by atoms with van der Waals surface area (Å²) in [5.74, 6) is 1.10. The predicted molar refractivity (Wildman–Crippen MR) is 152 cm³/mol. The topological polar surface area (TPSA) is 99.7 Å². The van der Waals surface area contributed by atoms with Crippen LogP contribution in [0.15, 0.2) is 0 Å². The van der Waals surface area contributed by atoms with Crippen LogP contribution in [0.3, 0.4) is 0 Å². The molecule has 0 spiro atoms. The molecule has 0 saturated carbocycles. The molecule has 10 nitrogen and oxygen atoms in total. The van der Waals surface area contributed by atoms with E-state index in [2.05, 4.69) is 0 Å². The van der Waals surface area contributed by atoms with Gasteiger partial charge in [-0.15, -0.1) is 0 Å². The molecule has 4 aliphatic rings. The third-order valence-electron chi connectivity index (χ3n) is 8.08. The molecule has 0 N–H and O–H groups in total. The molecule has 0 aliphatic carbocycles. The maximum Gasteiger partial charge on any atom is 0.224 e. The summed E-state index contributed by atoms with van der Waals surface area (Å²) in [4.78, 5) is 53.8. The highest BCUT2D eigenvalue weighted by molar-refractivity contribution is 5.78. The van der Waals surface area contributed by atoms with E-state index < -0.39 is 0 Å². The summed E-state index contributed by atoms with van der Waals surface area (Å²) in [7, 11) is 0. The summed E-state index contributed by atoms with van der Waals surface area (Å²) in [6.45, 7) is 8.59. The smallest absolute Gasteiger partial charge is 0.224 e. The van der Waals surface area contributed by atoms with Crippen LogP contribution in [0.1, 0.15) is 96.3 Å². The lowest BCUT2D eigenvalue weighted by Crippen LogP contribution is -2.37. The standard InChI is InChI=1S/C16H28N2O3.C14H24N2O3/c19-15-7-2-1-3-9-17(15)11-5-13-21-14-6-12-18-10-4-8-16(18)20;17-13-7-5-10-15(13)8-3-4-11-19-12-16-9-2-1-6-14(16)18/h1-14H2;1-12H2. The number of hydrogen-bond acceptors (Lipinski definition) is 6. The van der Waals surface area contributed by atoms with Crippen molar-refractivity contribution in [2.75, 3.05) is 72.4 Å². The van der Waals surface area contributed by atoms with Gasteiger partial charge in [-0.2, -0.15) is 0 Å². The number of unbranched alkanes of at least 4 members (excludes halogenated alkanes) is 1. The van der Waals surface area contributed by atoms with Gasteiger partial charge in [0.15, 0.2) is 0 Å². The first-order valence-corrected chi connectivity index (χ1v) is 15.8. The second-order valence-corrected chi connectivity index (χ2v) is 11.3. The highest BCUT2D eigenvalue weighted by Crippen LogP contribution is 2.13. The Balaban J connectivity index is 0.000000222. The van der Waals surface area contributed by atoms with E-state index in [0.29, 0.717) is 64.0 Å². The molecule has 0 aromatic heterocycles. The van der Waals surface area contributed by atoms with E-state index in [-0.39, 0.29) is 11.8 Å². The van der Waals surface area contributed by atoms with E-state index in [4.69, 9.17) is 9.47 Å². The van der Waals surface area contributed by atoms with Crippen molar-refractivity contribution in [2.45, 2.75) is 96.3 Å². The minimum absolute atomic E-state index is 0.217. The van der Waals surface area contributed by atoms with E-state index in [1.54, 1.807) is 4.90 Å². The first-order chi connectivity index (χ1) is 19.5. The molecule has 0 bridgehead atoms. The van der Waals surface area contributed by atoms with Crippen LogP contribution in [0.25, 0.3) is 0 Å². The van der Waals surface area contributed by atoms with Crippen molar-refractivity contribution in [2.24, 2.45) is 0 Å². The van der Waals surface area contributed by atoms with Gasteiger partial charge in [0.2, 0.25) is 23.6 Å². The number of carbonyl (C=O) groups is 4. The fourth-order valence-corrected chi connectivity index (χ4v) is 5.65.